The molecule has 182 valence electrons. The smallest absolute Gasteiger partial charge is 0.277 e. The normalized spacial score (nSPS) is 10.7. The predicted molar refractivity (Wildman–Crippen MR) is 141 cm³/mol. The lowest BCUT2D eigenvalue weighted by molar-refractivity contribution is -0.123. The van der Waals surface area contributed by atoms with Crippen LogP contribution in [0, 0.1) is 0 Å². The number of halogens is 1. The van der Waals surface area contributed by atoms with Crippen molar-refractivity contribution >= 4 is 23.7 Å². The zero-order valence-corrected chi connectivity index (χ0v) is 20.2. The molecule has 0 aliphatic heterocycles. The molecule has 0 bridgehead atoms. The summed E-state index contributed by atoms with van der Waals surface area (Å²) < 4.78 is 17.0. The maximum absolute atomic E-state index is 12.0. The van der Waals surface area contributed by atoms with Gasteiger partial charge in [-0.2, -0.15) is 5.10 Å². The zero-order valence-electron chi connectivity index (χ0n) is 19.5. The van der Waals surface area contributed by atoms with Crippen molar-refractivity contribution in [2.75, 3.05) is 6.61 Å². The van der Waals surface area contributed by atoms with Gasteiger partial charge in [-0.1, -0.05) is 54.1 Å². The molecule has 0 aliphatic carbocycles. The molecule has 1 amide bonds. The van der Waals surface area contributed by atoms with E-state index in [1.807, 2.05) is 78.9 Å². The van der Waals surface area contributed by atoms with Gasteiger partial charge in [-0.3, -0.25) is 4.79 Å². The fourth-order valence-corrected chi connectivity index (χ4v) is 3.26. The molecule has 0 spiro atoms. The molecule has 36 heavy (non-hydrogen) atoms. The lowest BCUT2D eigenvalue weighted by Gasteiger charge is -2.08. The highest BCUT2D eigenvalue weighted by molar-refractivity contribution is 6.30. The van der Waals surface area contributed by atoms with Crippen LogP contribution in [0.3, 0.4) is 0 Å². The number of hydrogen-bond donors (Lipinski definition) is 1. The molecule has 4 aromatic carbocycles. The molecule has 0 unspecified atom stereocenters. The third kappa shape index (κ3) is 8.18. The van der Waals surface area contributed by atoms with E-state index in [-0.39, 0.29) is 12.5 Å². The number of nitrogens with one attached hydrogen (secondary N) is 1. The summed E-state index contributed by atoms with van der Waals surface area (Å²) in [4.78, 5) is 12.0. The van der Waals surface area contributed by atoms with E-state index in [9.17, 15) is 4.79 Å². The number of ether oxygens (including phenoxy) is 3. The standard InChI is InChI=1S/C29H25ClN2O4/c30-25-10-6-24(7-11-25)20-35-26-12-8-22(9-13-26)18-31-32-29(33)21-36-28-16-14-27(15-17-28)34-19-23-4-2-1-3-5-23/h1-18H,19-21H2,(H,32,33). The molecule has 1 N–H and O–H groups in total. The Morgan fingerprint density at radius 1 is 0.694 bits per heavy atom. The summed E-state index contributed by atoms with van der Waals surface area (Å²) in [6, 6.07) is 31.9. The van der Waals surface area contributed by atoms with Crippen LogP contribution in [-0.2, 0) is 18.0 Å². The minimum absolute atomic E-state index is 0.154. The van der Waals surface area contributed by atoms with Crippen molar-refractivity contribution in [1.29, 1.82) is 0 Å². The maximum Gasteiger partial charge on any atom is 0.277 e. The Kier molecular flexibility index (Phi) is 8.95. The van der Waals surface area contributed by atoms with Crippen LogP contribution in [0.5, 0.6) is 17.2 Å². The van der Waals surface area contributed by atoms with Gasteiger partial charge in [-0.15, -0.1) is 0 Å². The molecule has 0 saturated carbocycles. The van der Waals surface area contributed by atoms with Crippen LogP contribution < -0.4 is 19.6 Å². The SMILES string of the molecule is O=C(COc1ccc(OCc2ccccc2)cc1)NN=Cc1ccc(OCc2ccc(Cl)cc2)cc1. The quantitative estimate of drug-likeness (QED) is 0.202. The summed E-state index contributed by atoms with van der Waals surface area (Å²) in [7, 11) is 0. The second kappa shape index (κ2) is 13.0. The lowest BCUT2D eigenvalue weighted by atomic mass is 10.2. The van der Waals surface area contributed by atoms with E-state index in [0.717, 1.165) is 28.2 Å². The number of hydrazone groups is 1. The molecule has 0 fully saturated rings. The summed E-state index contributed by atoms with van der Waals surface area (Å²) in [6.45, 7) is 0.781. The van der Waals surface area contributed by atoms with E-state index in [0.29, 0.717) is 24.0 Å². The van der Waals surface area contributed by atoms with Crippen LogP contribution >= 0.6 is 11.6 Å². The number of hydrogen-bond acceptors (Lipinski definition) is 5. The summed E-state index contributed by atoms with van der Waals surface area (Å²) in [5.74, 6) is 1.66. The second-order valence-electron chi connectivity index (χ2n) is 7.81. The van der Waals surface area contributed by atoms with Gasteiger partial charge < -0.3 is 14.2 Å². The van der Waals surface area contributed by atoms with Crippen molar-refractivity contribution in [1.82, 2.24) is 5.43 Å². The van der Waals surface area contributed by atoms with Gasteiger partial charge in [0, 0.05) is 5.02 Å². The molecule has 4 rings (SSSR count). The minimum atomic E-state index is -0.362. The zero-order chi connectivity index (χ0) is 25.0. The van der Waals surface area contributed by atoms with Gasteiger partial charge in [0.25, 0.3) is 5.91 Å². The number of amides is 1. The van der Waals surface area contributed by atoms with E-state index >= 15 is 0 Å². The van der Waals surface area contributed by atoms with Crippen LogP contribution in [0.4, 0.5) is 0 Å². The van der Waals surface area contributed by atoms with E-state index < -0.39 is 0 Å². The summed E-state index contributed by atoms with van der Waals surface area (Å²) >= 11 is 5.89. The van der Waals surface area contributed by atoms with Gasteiger partial charge in [0.2, 0.25) is 0 Å². The van der Waals surface area contributed by atoms with Crippen molar-refractivity contribution in [2.24, 2.45) is 5.10 Å². The van der Waals surface area contributed by atoms with E-state index in [1.165, 1.54) is 0 Å². The van der Waals surface area contributed by atoms with Crippen LogP contribution in [-0.4, -0.2) is 18.7 Å². The van der Waals surface area contributed by atoms with E-state index in [1.54, 1.807) is 30.5 Å². The fourth-order valence-electron chi connectivity index (χ4n) is 3.13. The highest BCUT2D eigenvalue weighted by Gasteiger charge is 2.03. The summed E-state index contributed by atoms with van der Waals surface area (Å²) in [5, 5.41) is 4.67. The summed E-state index contributed by atoms with van der Waals surface area (Å²) in [6.07, 6.45) is 1.56. The second-order valence-corrected chi connectivity index (χ2v) is 8.25. The molecule has 0 aliphatic rings. The Morgan fingerprint density at radius 3 is 1.83 bits per heavy atom. The van der Waals surface area contributed by atoms with Crippen molar-refractivity contribution in [3.8, 4) is 17.2 Å². The monoisotopic (exact) mass is 500 g/mol. The number of nitrogens with zero attached hydrogens (tertiary/aromatic N) is 1. The first-order valence-corrected chi connectivity index (χ1v) is 11.7. The Labute approximate surface area is 215 Å². The Morgan fingerprint density at radius 2 is 1.22 bits per heavy atom. The highest BCUT2D eigenvalue weighted by atomic mass is 35.5. The molecule has 7 heteroatoms. The molecule has 0 saturated heterocycles. The first-order valence-electron chi connectivity index (χ1n) is 11.3. The highest BCUT2D eigenvalue weighted by Crippen LogP contribution is 2.19. The third-order valence-corrected chi connectivity index (χ3v) is 5.30. The summed E-state index contributed by atoms with van der Waals surface area (Å²) in [5.41, 5.74) is 5.40. The predicted octanol–water partition coefficient (Wildman–Crippen LogP) is 6.03. The van der Waals surface area contributed by atoms with Crippen molar-refractivity contribution < 1.29 is 19.0 Å². The van der Waals surface area contributed by atoms with Gasteiger partial charge in [-0.25, -0.2) is 5.43 Å². The van der Waals surface area contributed by atoms with Crippen LogP contribution in [0.2, 0.25) is 5.02 Å². The van der Waals surface area contributed by atoms with Crippen LogP contribution in [0.1, 0.15) is 16.7 Å². The third-order valence-electron chi connectivity index (χ3n) is 5.04. The molecule has 0 atom stereocenters. The van der Waals surface area contributed by atoms with Gasteiger partial charge in [0.15, 0.2) is 6.61 Å². The van der Waals surface area contributed by atoms with Gasteiger partial charge in [0.1, 0.15) is 30.5 Å². The molecule has 0 radical (unpaired) electrons. The van der Waals surface area contributed by atoms with Gasteiger partial charge in [-0.05, 0) is 77.4 Å². The van der Waals surface area contributed by atoms with E-state index in [4.69, 9.17) is 25.8 Å². The first kappa shape index (κ1) is 24.8. The molecule has 4 aromatic rings. The number of carbonyl (C=O) groups excluding carboxylic acids is 1. The van der Waals surface area contributed by atoms with Crippen molar-refractivity contribution in [3.05, 3.63) is 125 Å². The van der Waals surface area contributed by atoms with Crippen LogP contribution in [0.25, 0.3) is 0 Å². The molecule has 0 aromatic heterocycles. The maximum atomic E-state index is 12.0. The Balaban J connectivity index is 1.15. The fraction of sp³-hybridized carbons (Fsp3) is 0.103. The van der Waals surface area contributed by atoms with Crippen molar-refractivity contribution in [2.45, 2.75) is 13.2 Å². The van der Waals surface area contributed by atoms with Gasteiger partial charge >= 0.3 is 0 Å². The molecule has 6 nitrogen and oxygen atoms in total. The largest absolute Gasteiger partial charge is 0.489 e. The number of carbonyl (C=O) groups is 1. The molecular weight excluding hydrogens is 476 g/mol. The average molecular weight is 501 g/mol. The topological polar surface area (TPSA) is 69.2 Å². The minimum Gasteiger partial charge on any atom is -0.489 e. The average Bonchev–Trinajstić information content (AvgIpc) is 2.92. The Hall–Kier alpha value is -4.29. The van der Waals surface area contributed by atoms with Crippen LogP contribution in [0.15, 0.2) is 108 Å². The first-order chi connectivity index (χ1) is 17.6. The molecule has 0 heterocycles. The van der Waals surface area contributed by atoms with E-state index in [2.05, 4.69) is 10.5 Å². The van der Waals surface area contributed by atoms with Gasteiger partial charge in [0.05, 0.1) is 6.21 Å². The Bertz CT molecular complexity index is 1260. The number of rotatable bonds is 11. The number of benzene rings is 4. The van der Waals surface area contributed by atoms with Crippen molar-refractivity contribution in [3.63, 3.8) is 0 Å². The molecular formula is C29H25ClN2O4. The lowest BCUT2D eigenvalue weighted by Crippen LogP contribution is -2.24.